The first-order chi connectivity index (χ1) is 8.77. The van der Waals surface area contributed by atoms with E-state index < -0.39 is 0 Å². The lowest BCUT2D eigenvalue weighted by molar-refractivity contribution is -0.654. The number of aryl methyl sites for hydroxylation is 1. The largest absolute Gasteiger partial charge is 0.405 e. The number of anilines is 1. The van der Waals surface area contributed by atoms with Crippen LogP contribution in [-0.2, 0) is 7.05 Å². The van der Waals surface area contributed by atoms with Crippen LogP contribution in [0.2, 0.25) is 0 Å². The summed E-state index contributed by atoms with van der Waals surface area (Å²) in [6, 6.07) is 8.36. The lowest BCUT2D eigenvalue weighted by atomic mass is 9.55. The average molecular weight is 236 g/mol. The molecule has 0 unspecified atom stereocenters. The predicted octanol–water partition coefficient (Wildman–Crippen LogP) is 0.807. The molecule has 3 heterocycles. The van der Waals surface area contributed by atoms with E-state index >= 15 is 0 Å². The van der Waals surface area contributed by atoms with Crippen molar-refractivity contribution in [2.75, 3.05) is 11.9 Å². The molecule has 3 nitrogen and oxygen atoms in total. The van der Waals surface area contributed by atoms with Crippen LogP contribution >= 0.6 is 0 Å². The second-order valence-electron chi connectivity index (χ2n) is 4.59. The van der Waals surface area contributed by atoms with Gasteiger partial charge in [0.25, 0.3) is 0 Å². The third-order valence-electron chi connectivity index (χ3n) is 3.48. The Morgan fingerprint density at radius 2 is 2.17 bits per heavy atom. The van der Waals surface area contributed by atoms with Crippen LogP contribution in [0.3, 0.4) is 0 Å². The first-order valence-corrected chi connectivity index (χ1v) is 6.07. The number of rotatable bonds is 1. The summed E-state index contributed by atoms with van der Waals surface area (Å²) in [6.07, 6.45) is 7.99. The SMILES string of the molecule is CN1B(c2cccc[n+]2C)C=Cc2cnccc21. The van der Waals surface area contributed by atoms with Gasteiger partial charge in [-0.25, -0.2) is 4.57 Å². The van der Waals surface area contributed by atoms with Gasteiger partial charge in [-0.05, 0) is 19.2 Å². The molecule has 0 N–H and O–H groups in total. The number of hydrogen-bond donors (Lipinski definition) is 0. The Morgan fingerprint density at radius 1 is 1.28 bits per heavy atom. The maximum atomic E-state index is 4.16. The van der Waals surface area contributed by atoms with Crippen LogP contribution < -0.4 is 15.0 Å². The minimum absolute atomic E-state index is 0.270. The van der Waals surface area contributed by atoms with Gasteiger partial charge in [0, 0.05) is 29.7 Å². The van der Waals surface area contributed by atoms with E-state index in [0.29, 0.717) is 0 Å². The van der Waals surface area contributed by atoms with E-state index in [4.69, 9.17) is 0 Å². The summed E-state index contributed by atoms with van der Waals surface area (Å²) < 4.78 is 2.16. The van der Waals surface area contributed by atoms with E-state index in [9.17, 15) is 0 Å². The molecule has 0 amide bonds. The Kier molecular flexibility index (Phi) is 2.63. The average Bonchev–Trinajstić information content (AvgIpc) is 2.41. The Labute approximate surface area is 108 Å². The summed E-state index contributed by atoms with van der Waals surface area (Å²) in [7, 11) is 4.21. The topological polar surface area (TPSA) is 20.0 Å². The second-order valence-corrected chi connectivity index (χ2v) is 4.59. The van der Waals surface area contributed by atoms with Gasteiger partial charge in [0.2, 0.25) is 0 Å². The van der Waals surface area contributed by atoms with Crippen LogP contribution in [0, 0.1) is 0 Å². The van der Waals surface area contributed by atoms with Crippen LogP contribution in [0.5, 0.6) is 0 Å². The molecule has 0 aliphatic carbocycles. The van der Waals surface area contributed by atoms with Crippen molar-refractivity contribution in [2.24, 2.45) is 7.05 Å². The maximum Gasteiger partial charge on any atom is 0.396 e. The fraction of sp³-hybridized carbons (Fsp3) is 0.143. The number of fused-ring (bicyclic) bond motifs is 1. The predicted molar refractivity (Wildman–Crippen MR) is 74.7 cm³/mol. The smallest absolute Gasteiger partial charge is 0.396 e. The minimum atomic E-state index is 0.270. The fourth-order valence-electron chi connectivity index (χ4n) is 2.46. The molecule has 0 radical (unpaired) electrons. The van der Waals surface area contributed by atoms with E-state index in [1.54, 1.807) is 0 Å². The van der Waals surface area contributed by atoms with Crippen molar-refractivity contribution in [1.29, 1.82) is 0 Å². The molecule has 1 aliphatic rings. The molecular weight excluding hydrogens is 221 g/mol. The van der Waals surface area contributed by atoms with Crippen LogP contribution in [0.15, 0.2) is 48.8 Å². The van der Waals surface area contributed by atoms with Gasteiger partial charge in [-0.1, -0.05) is 18.1 Å². The zero-order valence-electron chi connectivity index (χ0n) is 10.6. The van der Waals surface area contributed by atoms with Crippen LogP contribution in [0.1, 0.15) is 5.56 Å². The summed E-state index contributed by atoms with van der Waals surface area (Å²) in [5, 5.41) is 0. The second kappa shape index (κ2) is 4.29. The molecule has 1 aliphatic heterocycles. The third-order valence-corrected chi connectivity index (χ3v) is 3.48. The Bertz CT molecular complexity index is 609. The van der Waals surface area contributed by atoms with Crippen molar-refractivity contribution >= 4 is 24.2 Å². The lowest BCUT2D eigenvalue weighted by Crippen LogP contribution is -2.60. The molecule has 0 fully saturated rings. The highest BCUT2D eigenvalue weighted by molar-refractivity contribution is 6.80. The number of nitrogens with zero attached hydrogens (tertiary/aromatic N) is 3. The van der Waals surface area contributed by atoms with Crippen LogP contribution in [0.4, 0.5) is 5.69 Å². The molecule has 18 heavy (non-hydrogen) atoms. The molecule has 0 spiro atoms. The molecule has 0 atom stereocenters. The molecule has 2 aromatic rings. The minimum Gasteiger partial charge on any atom is -0.405 e. The van der Waals surface area contributed by atoms with Crippen LogP contribution in [-0.4, -0.2) is 18.9 Å². The van der Waals surface area contributed by atoms with Gasteiger partial charge in [-0.3, -0.25) is 4.98 Å². The monoisotopic (exact) mass is 236 g/mol. The van der Waals surface area contributed by atoms with Gasteiger partial charge in [-0.2, -0.15) is 0 Å². The van der Waals surface area contributed by atoms with E-state index in [1.165, 1.54) is 16.8 Å². The molecule has 4 heteroatoms. The molecule has 0 saturated carbocycles. The normalized spacial score (nSPS) is 13.7. The molecule has 0 aromatic carbocycles. The first kappa shape index (κ1) is 11.0. The van der Waals surface area contributed by atoms with Gasteiger partial charge >= 0.3 is 6.85 Å². The highest BCUT2D eigenvalue weighted by Gasteiger charge is 2.31. The van der Waals surface area contributed by atoms with Gasteiger partial charge in [0.05, 0.1) is 0 Å². The summed E-state index contributed by atoms with van der Waals surface area (Å²) >= 11 is 0. The fourth-order valence-corrected chi connectivity index (χ4v) is 2.46. The van der Waals surface area contributed by atoms with Crippen molar-refractivity contribution in [2.45, 2.75) is 0 Å². The van der Waals surface area contributed by atoms with Crippen LogP contribution in [0.25, 0.3) is 6.08 Å². The highest BCUT2D eigenvalue weighted by atomic mass is 15.1. The molecule has 0 saturated heterocycles. The van der Waals surface area contributed by atoms with E-state index in [2.05, 4.69) is 64.9 Å². The van der Waals surface area contributed by atoms with Gasteiger partial charge in [0.1, 0.15) is 7.05 Å². The van der Waals surface area contributed by atoms with Crippen molar-refractivity contribution in [3.05, 3.63) is 54.4 Å². The highest BCUT2D eigenvalue weighted by Crippen LogP contribution is 2.24. The van der Waals surface area contributed by atoms with Crippen molar-refractivity contribution < 1.29 is 4.57 Å². The van der Waals surface area contributed by atoms with E-state index in [1.807, 2.05) is 18.5 Å². The first-order valence-electron chi connectivity index (χ1n) is 6.07. The summed E-state index contributed by atoms with van der Waals surface area (Å²) in [6.45, 7) is 0.270. The summed E-state index contributed by atoms with van der Waals surface area (Å²) in [5.41, 5.74) is 3.68. The van der Waals surface area contributed by atoms with Crippen molar-refractivity contribution in [3.63, 3.8) is 0 Å². The standard InChI is InChI=1S/C14H15BN3/c1-17-10-4-3-5-14(17)15-8-6-12-11-16-9-7-13(12)18(15)2/h3-11H,1-2H3/q+1. The molecular formula is C14H15BN3+. The third kappa shape index (κ3) is 1.70. The Morgan fingerprint density at radius 3 is 3.00 bits per heavy atom. The zero-order valence-corrected chi connectivity index (χ0v) is 10.6. The number of aromatic nitrogens is 2. The summed E-state index contributed by atoms with van der Waals surface area (Å²) in [4.78, 5) is 6.45. The van der Waals surface area contributed by atoms with Gasteiger partial charge in [-0.15, -0.1) is 0 Å². The molecule has 0 bridgehead atoms. The summed E-state index contributed by atoms with van der Waals surface area (Å²) in [5.74, 6) is 2.22. The van der Waals surface area contributed by atoms with E-state index in [0.717, 1.165) is 0 Å². The molecule has 88 valence electrons. The zero-order chi connectivity index (χ0) is 12.5. The van der Waals surface area contributed by atoms with Gasteiger partial charge in [0.15, 0.2) is 11.8 Å². The lowest BCUT2D eigenvalue weighted by Gasteiger charge is -2.28. The maximum absolute atomic E-state index is 4.16. The van der Waals surface area contributed by atoms with Crippen molar-refractivity contribution in [3.8, 4) is 0 Å². The number of pyridine rings is 2. The Hall–Kier alpha value is -2.10. The quantitative estimate of drug-likeness (QED) is 0.539. The van der Waals surface area contributed by atoms with E-state index in [-0.39, 0.29) is 6.85 Å². The van der Waals surface area contributed by atoms with Gasteiger partial charge < -0.3 is 4.81 Å². The Balaban J connectivity index is 2.06. The molecule has 2 aromatic heterocycles. The number of hydrogen-bond acceptors (Lipinski definition) is 2. The molecule has 3 rings (SSSR count). The van der Waals surface area contributed by atoms with Crippen molar-refractivity contribution in [1.82, 2.24) is 4.98 Å².